The normalized spacial score (nSPS) is 19.3. The lowest BCUT2D eigenvalue weighted by molar-refractivity contribution is -0.662. The third kappa shape index (κ3) is 4.26. The maximum atomic E-state index is 13.1. The topological polar surface area (TPSA) is 179 Å². The zero-order valence-electron chi connectivity index (χ0n) is 19.2. The maximum Gasteiger partial charge on any atom is 0.352 e. The number of β-lactam (4-membered cyclic amide) rings is 1. The molecule has 3 aromatic heterocycles. The molecule has 37 heavy (non-hydrogen) atoms. The number of carbonyl (C=O) groups is 3. The number of nitrogens with zero attached hydrogens (tertiary/aromatic N) is 6. The molecule has 0 spiro atoms. The smallest absolute Gasteiger partial charge is 0.352 e. The van der Waals surface area contributed by atoms with E-state index >= 15 is 0 Å². The molecule has 0 saturated carbocycles. The van der Waals surface area contributed by atoms with Crippen LogP contribution >= 0.6 is 23.1 Å². The van der Waals surface area contributed by atoms with Crippen LogP contribution in [0.15, 0.2) is 52.5 Å². The zero-order chi connectivity index (χ0) is 26.3. The number of hydrogen-bond donors (Lipinski definition) is 3. The van der Waals surface area contributed by atoms with Crippen molar-refractivity contribution in [2.75, 3.05) is 18.6 Å². The van der Waals surface area contributed by atoms with Crippen molar-refractivity contribution < 1.29 is 28.9 Å². The molecule has 0 aromatic carbocycles. The van der Waals surface area contributed by atoms with E-state index in [2.05, 4.69) is 21.5 Å². The maximum absolute atomic E-state index is 13.1. The van der Waals surface area contributed by atoms with Gasteiger partial charge in [-0.3, -0.25) is 14.5 Å². The van der Waals surface area contributed by atoms with Gasteiger partial charge in [-0.15, -0.1) is 23.1 Å². The number of anilines is 1. The number of pyridine rings is 1. The van der Waals surface area contributed by atoms with Crippen LogP contribution in [-0.2, 0) is 25.8 Å². The van der Waals surface area contributed by atoms with Gasteiger partial charge >= 0.3 is 5.97 Å². The van der Waals surface area contributed by atoms with Crippen LogP contribution in [0.1, 0.15) is 11.3 Å². The molecule has 3 aromatic rings. The monoisotopic (exact) mass is 539 g/mol. The molecule has 4 N–H and O–H groups in total. The largest absolute Gasteiger partial charge is 0.477 e. The quantitative estimate of drug-likeness (QED) is 0.160. The second kappa shape index (κ2) is 9.56. The first-order chi connectivity index (χ1) is 17.8. The molecular weight excluding hydrogens is 520 g/mol. The van der Waals surface area contributed by atoms with E-state index in [1.54, 1.807) is 40.5 Å². The molecule has 5 rings (SSSR count). The first-order valence-electron chi connectivity index (χ1n) is 10.8. The van der Waals surface area contributed by atoms with Crippen molar-refractivity contribution in [2.45, 2.75) is 18.0 Å². The van der Waals surface area contributed by atoms with E-state index in [4.69, 9.17) is 15.8 Å². The van der Waals surface area contributed by atoms with Crippen LogP contribution in [0.2, 0.25) is 0 Å². The summed E-state index contributed by atoms with van der Waals surface area (Å²) in [5.41, 5.74) is 7.41. The Morgan fingerprint density at radius 3 is 2.95 bits per heavy atom. The van der Waals surface area contributed by atoms with Crippen molar-refractivity contribution >= 4 is 57.4 Å². The van der Waals surface area contributed by atoms with E-state index in [0.717, 1.165) is 17.0 Å². The second-order valence-corrected chi connectivity index (χ2v) is 10.0. The van der Waals surface area contributed by atoms with Gasteiger partial charge in [0.05, 0.1) is 5.56 Å². The fourth-order valence-electron chi connectivity index (χ4n) is 4.21. The number of nitrogens with one attached hydrogen (secondary N) is 1. The van der Waals surface area contributed by atoms with E-state index in [9.17, 15) is 19.5 Å². The number of hydrogen-bond acceptors (Lipinski definition) is 10. The van der Waals surface area contributed by atoms with Crippen LogP contribution in [0.4, 0.5) is 5.13 Å². The molecule has 15 heteroatoms. The molecule has 0 radical (unpaired) electrons. The minimum Gasteiger partial charge on any atom is -0.477 e. The molecule has 2 amide bonds. The second-order valence-electron chi connectivity index (χ2n) is 8.03. The van der Waals surface area contributed by atoms with Gasteiger partial charge in [-0.05, 0) is 6.07 Å². The fraction of sp³-hybridized carbons (Fsp3) is 0.227. The summed E-state index contributed by atoms with van der Waals surface area (Å²) in [6, 6.07) is 4.58. The molecule has 1 fully saturated rings. The number of aliphatic carboxylic acids is 1. The SMILES string of the molecule is CO/N=C(\C(=O)N[C@@H]1C(=O)N2C(C(=O)O)=C(C[n+]3ccn4cc(C#N)ccc43)CS[C@H]12)c1csc(N)n1. The molecule has 2 aliphatic heterocycles. The van der Waals surface area contributed by atoms with Crippen molar-refractivity contribution in [1.82, 2.24) is 19.6 Å². The lowest BCUT2D eigenvalue weighted by atomic mass is 10.0. The van der Waals surface area contributed by atoms with Crippen molar-refractivity contribution in [3.63, 3.8) is 0 Å². The van der Waals surface area contributed by atoms with Crippen LogP contribution in [0.25, 0.3) is 5.65 Å². The summed E-state index contributed by atoms with van der Waals surface area (Å²) in [4.78, 5) is 48.2. The Kier molecular flexibility index (Phi) is 6.27. The fourth-order valence-corrected chi connectivity index (χ4v) is 6.10. The summed E-state index contributed by atoms with van der Waals surface area (Å²) < 4.78 is 3.62. The number of nitrogen functional groups attached to an aromatic ring is 1. The standard InChI is InChI=1S/C22H18N8O5S2/c1-35-27-15(13-10-37-22(24)25-13)18(31)26-16-19(32)30-17(21(33)34)12(9-36-20(16)30)8-29-5-4-28-7-11(6-23)2-3-14(28)29/h2-5,7,10,16,20H,8-9H2,1H3,(H3-,24,25,26,31,33,34)/p+1/b27-15-/t16-,20-/m1/s1. The first kappa shape index (κ1) is 24.3. The molecule has 0 aliphatic carbocycles. The average molecular weight is 540 g/mol. The van der Waals surface area contributed by atoms with Gasteiger partial charge in [0.25, 0.3) is 17.5 Å². The molecule has 0 bridgehead atoms. The van der Waals surface area contributed by atoms with Gasteiger partial charge in [-0.1, -0.05) is 5.16 Å². The minimum atomic E-state index is -1.23. The van der Waals surface area contributed by atoms with E-state index < -0.39 is 29.2 Å². The van der Waals surface area contributed by atoms with Crippen LogP contribution in [0, 0.1) is 11.3 Å². The Balaban J connectivity index is 1.37. The Morgan fingerprint density at radius 1 is 1.46 bits per heavy atom. The predicted molar refractivity (Wildman–Crippen MR) is 132 cm³/mol. The zero-order valence-corrected chi connectivity index (χ0v) is 20.8. The van der Waals surface area contributed by atoms with Gasteiger partial charge in [-0.2, -0.15) is 5.26 Å². The number of fused-ring (bicyclic) bond motifs is 2. The Hall–Kier alpha value is -4.42. The van der Waals surface area contributed by atoms with Gasteiger partial charge in [0.1, 0.15) is 61.1 Å². The highest BCUT2D eigenvalue weighted by Gasteiger charge is 2.54. The van der Waals surface area contributed by atoms with Gasteiger partial charge in [0.2, 0.25) is 0 Å². The summed E-state index contributed by atoms with van der Waals surface area (Å²) >= 11 is 2.48. The molecule has 13 nitrogen and oxygen atoms in total. The van der Waals surface area contributed by atoms with Crippen LogP contribution in [-0.4, -0.2) is 67.2 Å². The lowest BCUT2D eigenvalue weighted by Gasteiger charge is -2.49. The van der Waals surface area contributed by atoms with Crippen LogP contribution < -0.4 is 15.6 Å². The molecular formula is C22H19N8O5S2+. The summed E-state index contributed by atoms with van der Waals surface area (Å²) in [5.74, 6) is -2.12. The van der Waals surface area contributed by atoms with E-state index in [1.165, 1.54) is 23.8 Å². The molecule has 0 unspecified atom stereocenters. The number of carbonyl (C=O) groups excluding carboxylic acids is 2. The Bertz CT molecular complexity index is 1550. The number of amides is 2. The predicted octanol–water partition coefficient (Wildman–Crippen LogP) is -0.0735. The van der Waals surface area contributed by atoms with Crippen molar-refractivity contribution in [3.05, 3.63) is 58.6 Å². The van der Waals surface area contributed by atoms with E-state index in [1.807, 2.05) is 4.57 Å². The number of imidazole rings is 1. The average Bonchev–Trinajstić information content (AvgIpc) is 3.50. The van der Waals surface area contributed by atoms with Crippen LogP contribution in [0.3, 0.4) is 0 Å². The summed E-state index contributed by atoms with van der Waals surface area (Å²) in [5, 5.41) is 26.6. The molecule has 5 heterocycles. The highest BCUT2D eigenvalue weighted by atomic mass is 32.2. The summed E-state index contributed by atoms with van der Waals surface area (Å²) in [6.45, 7) is 0.237. The third-order valence-corrected chi connectivity index (χ3v) is 7.86. The van der Waals surface area contributed by atoms with Gasteiger partial charge in [-0.25, -0.2) is 18.7 Å². The van der Waals surface area contributed by atoms with Crippen molar-refractivity contribution in [3.8, 4) is 6.07 Å². The number of nitrogens with two attached hydrogens (primary N) is 1. The minimum absolute atomic E-state index is 0.0993. The number of thiazole rings is 1. The number of thioether (sulfide) groups is 1. The van der Waals surface area contributed by atoms with Gasteiger partial charge < -0.3 is 21.0 Å². The van der Waals surface area contributed by atoms with Gasteiger partial charge in [0.15, 0.2) is 10.8 Å². The van der Waals surface area contributed by atoms with Crippen LogP contribution in [0.5, 0.6) is 0 Å². The molecule has 2 atom stereocenters. The Morgan fingerprint density at radius 2 is 2.27 bits per heavy atom. The molecule has 188 valence electrons. The van der Waals surface area contributed by atoms with E-state index in [0.29, 0.717) is 16.9 Å². The third-order valence-electron chi connectivity index (χ3n) is 5.85. The number of nitriles is 1. The molecule has 1 saturated heterocycles. The lowest BCUT2D eigenvalue weighted by Crippen LogP contribution is -2.71. The number of oxime groups is 1. The van der Waals surface area contributed by atoms with Crippen molar-refractivity contribution in [1.29, 1.82) is 5.26 Å². The Labute approximate surface area is 217 Å². The molecule has 2 aliphatic rings. The number of aromatic nitrogens is 3. The van der Waals surface area contributed by atoms with E-state index in [-0.39, 0.29) is 28.8 Å². The number of carboxylic acids is 1. The number of rotatable bonds is 7. The summed E-state index contributed by atoms with van der Waals surface area (Å²) in [7, 11) is 1.27. The highest BCUT2D eigenvalue weighted by Crippen LogP contribution is 2.40. The summed E-state index contributed by atoms with van der Waals surface area (Å²) in [6.07, 6.45) is 5.23. The highest BCUT2D eigenvalue weighted by molar-refractivity contribution is 8.00. The first-order valence-corrected chi connectivity index (χ1v) is 12.7. The van der Waals surface area contributed by atoms with Crippen molar-refractivity contribution in [2.24, 2.45) is 5.16 Å². The van der Waals surface area contributed by atoms with Gasteiger partial charge in [0, 0.05) is 22.8 Å². The number of carboxylic acid groups (broad SMARTS) is 1.